The Morgan fingerprint density at radius 2 is 1.50 bits per heavy atom. The maximum absolute atomic E-state index is 5.67. The van der Waals surface area contributed by atoms with Gasteiger partial charge < -0.3 is 5.73 Å². The SMILES string of the molecule is CCC/C=N/c1ccc(SSc2ccc(N)cc2)cc1. The normalized spacial score (nSPS) is 11.1. The van der Waals surface area contributed by atoms with Crippen LogP contribution in [-0.2, 0) is 0 Å². The summed E-state index contributed by atoms with van der Waals surface area (Å²) in [5, 5.41) is 0. The average molecular weight is 302 g/mol. The molecule has 4 heteroatoms. The Labute approximate surface area is 128 Å². The van der Waals surface area contributed by atoms with Gasteiger partial charge in [-0.1, -0.05) is 34.9 Å². The molecule has 0 aliphatic carbocycles. The van der Waals surface area contributed by atoms with Crippen molar-refractivity contribution in [2.75, 3.05) is 5.73 Å². The molecule has 104 valence electrons. The molecule has 0 aliphatic heterocycles. The highest BCUT2D eigenvalue weighted by molar-refractivity contribution is 8.76. The lowest BCUT2D eigenvalue weighted by atomic mass is 10.3. The molecule has 0 atom stereocenters. The Hall–Kier alpha value is -1.39. The molecule has 0 spiro atoms. The Kier molecular flexibility index (Phi) is 6.02. The summed E-state index contributed by atoms with van der Waals surface area (Å²) in [4.78, 5) is 6.84. The Morgan fingerprint density at radius 1 is 0.950 bits per heavy atom. The van der Waals surface area contributed by atoms with E-state index in [0.29, 0.717) is 0 Å². The second kappa shape index (κ2) is 8.02. The molecule has 0 bridgehead atoms. The number of nitrogen functional groups attached to an aromatic ring is 1. The standard InChI is InChI=1S/C16H18N2S2/c1-2-3-12-18-14-6-10-16(11-7-14)20-19-15-8-4-13(17)5-9-15/h4-12H,2-3,17H2,1H3/b18-12+. The van der Waals surface area contributed by atoms with E-state index in [1.54, 1.807) is 21.6 Å². The zero-order valence-electron chi connectivity index (χ0n) is 11.5. The van der Waals surface area contributed by atoms with Crippen LogP contribution in [0.4, 0.5) is 11.4 Å². The molecule has 0 radical (unpaired) electrons. The number of nitrogens with zero attached hydrogens (tertiary/aromatic N) is 1. The maximum atomic E-state index is 5.67. The molecule has 0 unspecified atom stereocenters. The molecule has 0 heterocycles. The Balaban J connectivity index is 1.89. The van der Waals surface area contributed by atoms with Gasteiger partial charge in [0.1, 0.15) is 0 Å². The summed E-state index contributed by atoms with van der Waals surface area (Å²) in [6, 6.07) is 16.2. The number of anilines is 1. The van der Waals surface area contributed by atoms with Crippen molar-refractivity contribution in [3.05, 3.63) is 48.5 Å². The van der Waals surface area contributed by atoms with E-state index in [9.17, 15) is 0 Å². The smallest absolute Gasteiger partial charge is 0.0626 e. The first-order valence-electron chi connectivity index (χ1n) is 6.60. The van der Waals surface area contributed by atoms with E-state index in [0.717, 1.165) is 24.2 Å². The first-order chi connectivity index (χ1) is 9.78. The van der Waals surface area contributed by atoms with Gasteiger partial charge in [-0.25, -0.2) is 0 Å². The predicted molar refractivity (Wildman–Crippen MR) is 92.1 cm³/mol. The predicted octanol–water partition coefficient (Wildman–Crippen LogP) is 5.57. The lowest BCUT2D eigenvalue weighted by Crippen LogP contribution is -1.81. The molecule has 0 amide bonds. The summed E-state index contributed by atoms with van der Waals surface area (Å²) in [6.07, 6.45) is 4.14. The minimum Gasteiger partial charge on any atom is -0.399 e. The van der Waals surface area contributed by atoms with Crippen LogP contribution >= 0.6 is 21.6 Å². The van der Waals surface area contributed by atoms with Gasteiger partial charge in [0.2, 0.25) is 0 Å². The van der Waals surface area contributed by atoms with E-state index in [4.69, 9.17) is 5.73 Å². The average Bonchev–Trinajstić information content (AvgIpc) is 2.48. The van der Waals surface area contributed by atoms with Crippen molar-refractivity contribution in [3.8, 4) is 0 Å². The molecule has 0 aromatic heterocycles. The highest BCUT2D eigenvalue weighted by Crippen LogP contribution is 2.37. The molecule has 20 heavy (non-hydrogen) atoms. The molecule has 0 saturated carbocycles. The molecular weight excluding hydrogens is 284 g/mol. The van der Waals surface area contributed by atoms with Crippen LogP contribution in [0.25, 0.3) is 0 Å². The monoisotopic (exact) mass is 302 g/mol. The van der Waals surface area contributed by atoms with E-state index < -0.39 is 0 Å². The van der Waals surface area contributed by atoms with Gasteiger partial charge in [0.15, 0.2) is 0 Å². The summed E-state index contributed by atoms with van der Waals surface area (Å²) in [7, 11) is 3.47. The van der Waals surface area contributed by atoms with Gasteiger partial charge in [-0.05, 0) is 55.0 Å². The zero-order valence-corrected chi connectivity index (χ0v) is 13.1. The van der Waals surface area contributed by atoms with Crippen molar-refractivity contribution in [1.82, 2.24) is 0 Å². The van der Waals surface area contributed by atoms with Crippen LogP contribution in [-0.4, -0.2) is 6.21 Å². The van der Waals surface area contributed by atoms with Crippen molar-refractivity contribution in [2.24, 2.45) is 4.99 Å². The van der Waals surface area contributed by atoms with Crippen molar-refractivity contribution < 1.29 is 0 Å². The molecule has 2 aromatic carbocycles. The van der Waals surface area contributed by atoms with Gasteiger partial charge in [0.25, 0.3) is 0 Å². The van der Waals surface area contributed by atoms with Crippen LogP contribution in [0.2, 0.25) is 0 Å². The Morgan fingerprint density at radius 3 is 2.05 bits per heavy atom. The van der Waals surface area contributed by atoms with Gasteiger partial charge in [-0.15, -0.1) is 0 Å². The number of nitrogens with two attached hydrogens (primary N) is 1. The molecule has 0 aliphatic rings. The first kappa shape index (κ1) is 15.0. The van der Waals surface area contributed by atoms with E-state index in [2.05, 4.69) is 36.2 Å². The molecule has 0 saturated heterocycles. The minimum atomic E-state index is 0.800. The van der Waals surface area contributed by atoms with E-state index >= 15 is 0 Å². The van der Waals surface area contributed by atoms with Gasteiger partial charge >= 0.3 is 0 Å². The molecule has 2 aromatic rings. The molecule has 2 rings (SSSR count). The highest BCUT2D eigenvalue weighted by atomic mass is 33.1. The number of unbranched alkanes of at least 4 members (excludes halogenated alkanes) is 1. The summed E-state index contributed by atoms with van der Waals surface area (Å²) in [5.74, 6) is 0. The fourth-order valence-corrected chi connectivity index (χ4v) is 3.44. The largest absolute Gasteiger partial charge is 0.399 e. The Bertz CT molecular complexity index is 548. The van der Waals surface area contributed by atoms with E-state index in [-0.39, 0.29) is 0 Å². The van der Waals surface area contributed by atoms with Crippen LogP contribution in [0.15, 0.2) is 63.3 Å². The van der Waals surface area contributed by atoms with E-state index in [1.165, 1.54) is 9.79 Å². The summed E-state index contributed by atoms with van der Waals surface area (Å²) in [6.45, 7) is 2.15. The van der Waals surface area contributed by atoms with Crippen molar-refractivity contribution in [3.63, 3.8) is 0 Å². The van der Waals surface area contributed by atoms with Gasteiger partial charge in [-0.2, -0.15) is 0 Å². The first-order valence-corrected chi connectivity index (χ1v) is 8.75. The lowest BCUT2D eigenvalue weighted by molar-refractivity contribution is 1.01. The molecule has 2 nitrogen and oxygen atoms in total. The third-order valence-corrected chi connectivity index (χ3v) is 5.03. The number of aliphatic imine (C=N–C) groups is 1. The summed E-state index contributed by atoms with van der Waals surface area (Å²) < 4.78 is 0. The molecular formula is C16H18N2S2. The van der Waals surface area contributed by atoms with Crippen molar-refractivity contribution >= 4 is 39.2 Å². The molecule has 2 N–H and O–H groups in total. The van der Waals surface area contributed by atoms with Gasteiger partial charge in [-0.3, -0.25) is 4.99 Å². The van der Waals surface area contributed by atoms with Crippen LogP contribution < -0.4 is 5.73 Å². The zero-order chi connectivity index (χ0) is 14.2. The number of hydrogen-bond donors (Lipinski definition) is 1. The van der Waals surface area contributed by atoms with Gasteiger partial charge in [0, 0.05) is 21.7 Å². The summed E-state index contributed by atoms with van der Waals surface area (Å²) >= 11 is 0. The van der Waals surface area contributed by atoms with Crippen LogP contribution in [0.1, 0.15) is 19.8 Å². The topological polar surface area (TPSA) is 38.4 Å². The van der Waals surface area contributed by atoms with Crippen molar-refractivity contribution in [1.29, 1.82) is 0 Å². The molecule has 0 fully saturated rings. The lowest BCUT2D eigenvalue weighted by Gasteiger charge is -2.02. The number of rotatable bonds is 6. The maximum Gasteiger partial charge on any atom is 0.0626 e. The van der Waals surface area contributed by atoms with E-state index in [1.807, 2.05) is 30.5 Å². The van der Waals surface area contributed by atoms with Crippen LogP contribution in [0.3, 0.4) is 0 Å². The quantitative estimate of drug-likeness (QED) is 0.430. The number of benzene rings is 2. The van der Waals surface area contributed by atoms with Crippen molar-refractivity contribution in [2.45, 2.75) is 29.6 Å². The second-order valence-electron chi connectivity index (χ2n) is 4.33. The van der Waals surface area contributed by atoms with Crippen LogP contribution in [0, 0.1) is 0 Å². The highest BCUT2D eigenvalue weighted by Gasteiger charge is 1.98. The third-order valence-electron chi connectivity index (χ3n) is 2.61. The minimum absolute atomic E-state index is 0.800. The second-order valence-corrected chi connectivity index (χ2v) is 6.61. The fourth-order valence-electron chi connectivity index (χ4n) is 1.51. The summed E-state index contributed by atoms with van der Waals surface area (Å²) in [5.41, 5.74) is 7.48. The van der Waals surface area contributed by atoms with Crippen LogP contribution in [0.5, 0.6) is 0 Å². The fraction of sp³-hybridized carbons (Fsp3) is 0.188. The van der Waals surface area contributed by atoms with Gasteiger partial charge in [0.05, 0.1) is 5.69 Å². The third kappa shape index (κ3) is 4.94. The number of hydrogen-bond acceptors (Lipinski definition) is 4.